The second-order valence-electron chi connectivity index (χ2n) is 8.49. The van der Waals surface area contributed by atoms with Gasteiger partial charge in [0.05, 0.1) is 16.6 Å². The molecule has 0 unspecified atom stereocenters. The van der Waals surface area contributed by atoms with E-state index in [1.807, 2.05) is 41.5 Å². The van der Waals surface area contributed by atoms with Gasteiger partial charge in [0.1, 0.15) is 17.1 Å². The molecule has 0 radical (unpaired) electrons. The number of aryl methyl sites for hydroxylation is 1. The maximum Gasteiger partial charge on any atom is 0.292 e. The van der Waals surface area contributed by atoms with E-state index in [0.717, 1.165) is 16.7 Å². The molecule has 4 aromatic rings. The number of anilines is 1. The van der Waals surface area contributed by atoms with Crippen LogP contribution in [-0.4, -0.2) is 51.5 Å². The molecule has 10 heteroatoms. The summed E-state index contributed by atoms with van der Waals surface area (Å²) in [5.41, 5.74) is 3.27. The highest BCUT2D eigenvalue weighted by Gasteiger charge is 2.26. The number of hydrogen-bond acceptors (Lipinski definition) is 7. The number of nitro groups is 1. The fourth-order valence-electron chi connectivity index (χ4n) is 4.35. The summed E-state index contributed by atoms with van der Waals surface area (Å²) in [4.78, 5) is 45.9. The largest absolute Gasteiger partial charge is 0.362 e. The van der Waals surface area contributed by atoms with Gasteiger partial charge in [-0.15, -0.1) is 11.3 Å². The van der Waals surface area contributed by atoms with E-state index in [9.17, 15) is 19.7 Å². The molecule has 1 amide bonds. The molecule has 2 aromatic heterocycles. The van der Waals surface area contributed by atoms with Crippen molar-refractivity contribution in [3.05, 3.63) is 86.3 Å². The van der Waals surface area contributed by atoms with Crippen LogP contribution in [0.3, 0.4) is 0 Å². The minimum atomic E-state index is -0.391. The summed E-state index contributed by atoms with van der Waals surface area (Å²) in [5.74, 6) is -0.178. The van der Waals surface area contributed by atoms with Crippen LogP contribution in [0.2, 0.25) is 0 Å². The number of carbonyl (C=O) groups is 1. The third kappa shape index (κ3) is 4.40. The number of fused-ring (bicyclic) bond motifs is 1. The Morgan fingerprint density at radius 1 is 1.09 bits per heavy atom. The second kappa shape index (κ2) is 9.30. The predicted molar refractivity (Wildman–Crippen MR) is 136 cm³/mol. The van der Waals surface area contributed by atoms with Crippen LogP contribution < -0.4 is 10.5 Å². The lowest BCUT2D eigenvalue weighted by atomic mass is 10.1. The number of aromatic nitrogens is 2. The van der Waals surface area contributed by atoms with E-state index in [1.54, 1.807) is 23.1 Å². The van der Waals surface area contributed by atoms with Crippen molar-refractivity contribution in [2.75, 3.05) is 31.1 Å². The van der Waals surface area contributed by atoms with Gasteiger partial charge in [-0.05, 0) is 18.6 Å². The molecule has 35 heavy (non-hydrogen) atoms. The molecule has 1 aliphatic heterocycles. The van der Waals surface area contributed by atoms with Gasteiger partial charge in [0.15, 0.2) is 0 Å². The number of hydrogen-bond donors (Lipinski definition) is 0. The van der Waals surface area contributed by atoms with Crippen molar-refractivity contribution < 1.29 is 9.72 Å². The molecule has 1 fully saturated rings. The molecule has 3 heterocycles. The van der Waals surface area contributed by atoms with Gasteiger partial charge in [0, 0.05) is 43.2 Å². The Morgan fingerprint density at radius 3 is 2.51 bits per heavy atom. The van der Waals surface area contributed by atoms with Crippen molar-refractivity contribution in [3.63, 3.8) is 0 Å². The Labute approximate surface area is 205 Å². The standard InChI is InChI=1S/C25H23N5O4S/c1-17-6-8-18(9-7-17)19-15-35-24-23(19)25(32)29(16-26-24)14-22(31)28-12-10-27(11-13-28)20-4-2-3-5-21(20)30(33)34/h2-9,15-16H,10-14H2,1H3. The number of piperazine rings is 1. The van der Waals surface area contributed by atoms with Crippen LogP contribution in [0.5, 0.6) is 0 Å². The monoisotopic (exact) mass is 489 g/mol. The Morgan fingerprint density at radius 2 is 1.80 bits per heavy atom. The first-order chi connectivity index (χ1) is 16.9. The summed E-state index contributed by atoms with van der Waals surface area (Å²) in [6, 6.07) is 14.6. The van der Waals surface area contributed by atoms with Crippen molar-refractivity contribution in [2.45, 2.75) is 13.5 Å². The SMILES string of the molecule is Cc1ccc(-c2csc3ncn(CC(=O)N4CCN(c5ccccc5[N+](=O)[O-])CC4)c(=O)c23)cc1. The summed E-state index contributed by atoms with van der Waals surface area (Å²) in [7, 11) is 0. The normalized spacial score (nSPS) is 13.9. The molecule has 0 bridgehead atoms. The first kappa shape index (κ1) is 22.7. The molecule has 2 aromatic carbocycles. The molecule has 0 N–H and O–H groups in total. The molecular weight excluding hydrogens is 466 g/mol. The third-order valence-corrected chi connectivity index (χ3v) is 7.17. The Hall–Kier alpha value is -4.05. The lowest BCUT2D eigenvalue weighted by molar-refractivity contribution is -0.384. The van der Waals surface area contributed by atoms with Crippen LogP contribution in [0.25, 0.3) is 21.3 Å². The molecule has 178 valence electrons. The Balaban J connectivity index is 1.32. The van der Waals surface area contributed by atoms with Crippen LogP contribution in [0.1, 0.15) is 5.56 Å². The van der Waals surface area contributed by atoms with E-state index >= 15 is 0 Å². The predicted octanol–water partition coefficient (Wildman–Crippen LogP) is 3.69. The fraction of sp³-hybridized carbons (Fsp3) is 0.240. The van der Waals surface area contributed by atoms with Gasteiger partial charge in [-0.25, -0.2) is 4.98 Å². The molecule has 1 saturated heterocycles. The number of amides is 1. The summed E-state index contributed by atoms with van der Waals surface area (Å²) in [5, 5.41) is 13.8. The highest BCUT2D eigenvalue weighted by Crippen LogP contribution is 2.31. The van der Waals surface area contributed by atoms with Gasteiger partial charge < -0.3 is 9.80 Å². The molecule has 5 rings (SSSR count). The zero-order valence-corrected chi connectivity index (χ0v) is 19.9. The van der Waals surface area contributed by atoms with E-state index in [2.05, 4.69) is 4.98 Å². The van der Waals surface area contributed by atoms with E-state index in [0.29, 0.717) is 42.1 Å². The number of nitrogens with zero attached hydrogens (tertiary/aromatic N) is 5. The summed E-state index contributed by atoms with van der Waals surface area (Å²) in [6.07, 6.45) is 1.43. The van der Waals surface area contributed by atoms with Crippen molar-refractivity contribution in [2.24, 2.45) is 0 Å². The van der Waals surface area contributed by atoms with Crippen molar-refractivity contribution >= 4 is 38.8 Å². The van der Waals surface area contributed by atoms with Gasteiger partial charge >= 0.3 is 0 Å². The van der Waals surface area contributed by atoms with Gasteiger partial charge in [0.2, 0.25) is 5.91 Å². The fourth-order valence-corrected chi connectivity index (χ4v) is 5.26. The van der Waals surface area contributed by atoms with E-state index < -0.39 is 4.92 Å². The van der Waals surface area contributed by atoms with E-state index in [4.69, 9.17) is 0 Å². The minimum Gasteiger partial charge on any atom is -0.362 e. The molecular formula is C25H23N5O4S. The van der Waals surface area contributed by atoms with Crippen molar-refractivity contribution in [3.8, 4) is 11.1 Å². The summed E-state index contributed by atoms with van der Waals surface area (Å²) < 4.78 is 1.36. The lowest BCUT2D eigenvalue weighted by Crippen LogP contribution is -2.50. The summed E-state index contributed by atoms with van der Waals surface area (Å²) in [6.45, 7) is 3.70. The van der Waals surface area contributed by atoms with Gasteiger partial charge in [-0.3, -0.25) is 24.3 Å². The lowest BCUT2D eigenvalue weighted by Gasteiger charge is -2.35. The molecule has 0 saturated carbocycles. The smallest absolute Gasteiger partial charge is 0.292 e. The Bertz CT molecular complexity index is 1470. The molecule has 9 nitrogen and oxygen atoms in total. The third-order valence-electron chi connectivity index (χ3n) is 6.28. The quantitative estimate of drug-likeness (QED) is 0.313. The average Bonchev–Trinajstić information content (AvgIpc) is 3.31. The number of carbonyl (C=O) groups excluding carboxylic acids is 1. The van der Waals surface area contributed by atoms with E-state index in [1.165, 1.54) is 28.3 Å². The van der Waals surface area contributed by atoms with Crippen LogP contribution in [-0.2, 0) is 11.3 Å². The number of nitro benzene ring substituents is 1. The average molecular weight is 490 g/mol. The van der Waals surface area contributed by atoms with E-state index in [-0.39, 0.29) is 23.7 Å². The van der Waals surface area contributed by atoms with Crippen molar-refractivity contribution in [1.82, 2.24) is 14.5 Å². The van der Waals surface area contributed by atoms with Gasteiger partial charge in [0.25, 0.3) is 11.2 Å². The van der Waals surface area contributed by atoms with Crippen LogP contribution in [0.15, 0.2) is 65.0 Å². The molecule has 0 spiro atoms. The van der Waals surface area contributed by atoms with Crippen LogP contribution in [0.4, 0.5) is 11.4 Å². The molecule has 0 atom stereocenters. The molecule has 1 aliphatic rings. The maximum absolute atomic E-state index is 13.3. The molecule has 0 aliphatic carbocycles. The number of benzene rings is 2. The van der Waals surface area contributed by atoms with Gasteiger partial charge in [-0.1, -0.05) is 42.0 Å². The van der Waals surface area contributed by atoms with Crippen LogP contribution >= 0.6 is 11.3 Å². The summed E-state index contributed by atoms with van der Waals surface area (Å²) >= 11 is 1.41. The number of thiophene rings is 1. The first-order valence-corrected chi connectivity index (χ1v) is 12.1. The van der Waals surface area contributed by atoms with Crippen LogP contribution in [0, 0.1) is 17.0 Å². The zero-order valence-electron chi connectivity index (χ0n) is 19.1. The first-order valence-electron chi connectivity index (χ1n) is 11.2. The maximum atomic E-state index is 13.3. The zero-order chi connectivity index (χ0) is 24.5. The minimum absolute atomic E-state index is 0.0540. The Kier molecular flexibility index (Phi) is 6.04. The number of rotatable bonds is 5. The number of para-hydroxylation sites is 2. The van der Waals surface area contributed by atoms with Crippen molar-refractivity contribution in [1.29, 1.82) is 0 Å². The second-order valence-corrected chi connectivity index (χ2v) is 9.34. The van der Waals surface area contributed by atoms with Gasteiger partial charge in [-0.2, -0.15) is 0 Å². The highest BCUT2D eigenvalue weighted by molar-refractivity contribution is 7.17. The topological polar surface area (TPSA) is 102 Å². The highest BCUT2D eigenvalue weighted by atomic mass is 32.1.